The molecule has 0 aliphatic carbocycles. The summed E-state index contributed by atoms with van der Waals surface area (Å²) in [7, 11) is 0. The summed E-state index contributed by atoms with van der Waals surface area (Å²) < 4.78 is 4.05. The number of nitrogens with zero attached hydrogens (tertiary/aromatic N) is 7. The maximum atomic E-state index is 5.74. The lowest BCUT2D eigenvalue weighted by atomic mass is 10.4. The summed E-state index contributed by atoms with van der Waals surface area (Å²) in [4.78, 5) is 12.5. The molecule has 0 saturated heterocycles. The van der Waals surface area contributed by atoms with Gasteiger partial charge < -0.3 is 5.73 Å². The van der Waals surface area contributed by atoms with Crippen LogP contribution in [0.1, 0.15) is 11.4 Å². The summed E-state index contributed by atoms with van der Waals surface area (Å²) in [5.74, 6) is 0.819. The van der Waals surface area contributed by atoms with E-state index >= 15 is 0 Å². The maximum Gasteiger partial charge on any atom is 0.257 e. The minimum atomic E-state index is 0.115. The van der Waals surface area contributed by atoms with E-state index in [0.29, 0.717) is 11.9 Å². The van der Waals surface area contributed by atoms with E-state index in [2.05, 4.69) is 41.1 Å². The van der Waals surface area contributed by atoms with E-state index in [1.54, 1.807) is 23.1 Å². The zero-order valence-electron chi connectivity index (χ0n) is 10.8. The SMILES string of the molecule is Cc1nn(-c2nc(N)nc(-n3cccn3)n2)c(C)c1Br. The van der Waals surface area contributed by atoms with Crippen LogP contribution in [-0.2, 0) is 0 Å². The van der Waals surface area contributed by atoms with Gasteiger partial charge in [0.1, 0.15) is 0 Å². The number of aryl methyl sites for hydroxylation is 1. The topological polar surface area (TPSA) is 100 Å². The molecule has 0 saturated carbocycles. The Bertz CT molecular complexity index is 761. The van der Waals surface area contributed by atoms with Crippen LogP contribution in [0, 0.1) is 13.8 Å². The molecule has 0 bridgehead atoms. The van der Waals surface area contributed by atoms with Crippen molar-refractivity contribution in [3.8, 4) is 11.9 Å². The van der Waals surface area contributed by atoms with Crippen molar-refractivity contribution in [2.75, 3.05) is 5.73 Å². The molecule has 0 aromatic carbocycles. The van der Waals surface area contributed by atoms with Gasteiger partial charge in [0.25, 0.3) is 11.9 Å². The molecule has 0 aliphatic rings. The Hall–Kier alpha value is -2.29. The molecule has 20 heavy (non-hydrogen) atoms. The summed E-state index contributed by atoms with van der Waals surface area (Å²) in [6, 6.07) is 1.78. The Kier molecular flexibility index (Phi) is 2.97. The minimum Gasteiger partial charge on any atom is -0.368 e. The highest BCUT2D eigenvalue weighted by Gasteiger charge is 2.15. The second-order valence-corrected chi connectivity index (χ2v) is 4.93. The quantitative estimate of drug-likeness (QED) is 0.755. The predicted octanol–water partition coefficient (Wildman–Crippen LogP) is 1.20. The van der Waals surface area contributed by atoms with E-state index in [1.165, 1.54) is 4.68 Å². The van der Waals surface area contributed by atoms with Crippen LogP contribution in [0.25, 0.3) is 11.9 Å². The molecule has 9 heteroatoms. The average Bonchev–Trinajstić information content (AvgIpc) is 3.03. The second kappa shape index (κ2) is 4.67. The molecular formula is C11H11BrN8. The molecule has 0 fully saturated rings. The molecule has 0 radical (unpaired) electrons. The van der Waals surface area contributed by atoms with Crippen molar-refractivity contribution in [1.29, 1.82) is 0 Å². The normalized spacial score (nSPS) is 10.9. The van der Waals surface area contributed by atoms with Crippen LogP contribution < -0.4 is 5.73 Å². The standard InChI is InChI=1S/C11H11BrN8/c1-6-8(12)7(2)20(18-6)11-16-9(13)15-10(17-11)19-5-3-4-14-19/h3-5H,1-2H3,(H2,13,15,16,17). The van der Waals surface area contributed by atoms with E-state index in [9.17, 15) is 0 Å². The van der Waals surface area contributed by atoms with Crippen molar-refractivity contribution < 1.29 is 0 Å². The van der Waals surface area contributed by atoms with Crippen molar-refractivity contribution >= 4 is 21.9 Å². The number of nitrogen functional groups attached to an aromatic ring is 1. The minimum absolute atomic E-state index is 0.115. The maximum absolute atomic E-state index is 5.74. The molecule has 2 N–H and O–H groups in total. The lowest BCUT2D eigenvalue weighted by molar-refractivity contribution is 0.732. The van der Waals surface area contributed by atoms with Gasteiger partial charge in [0.2, 0.25) is 5.95 Å². The smallest absolute Gasteiger partial charge is 0.257 e. The molecule has 3 heterocycles. The highest BCUT2D eigenvalue weighted by Crippen LogP contribution is 2.21. The van der Waals surface area contributed by atoms with E-state index in [0.717, 1.165) is 15.9 Å². The Morgan fingerprint density at radius 1 is 1.15 bits per heavy atom. The third-order valence-electron chi connectivity index (χ3n) is 2.73. The van der Waals surface area contributed by atoms with Gasteiger partial charge in [-0.25, -0.2) is 9.36 Å². The lowest BCUT2D eigenvalue weighted by Gasteiger charge is -2.05. The molecule has 3 aromatic rings. The molecule has 0 atom stereocenters. The van der Waals surface area contributed by atoms with Gasteiger partial charge in [-0.15, -0.1) is 0 Å². The molecule has 3 rings (SSSR count). The second-order valence-electron chi connectivity index (χ2n) is 4.14. The average molecular weight is 335 g/mol. The number of aromatic nitrogens is 7. The van der Waals surface area contributed by atoms with Gasteiger partial charge in [-0.1, -0.05) is 0 Å². The van der Waals surface area contributed by atoms with Crippen LogP contribution in [0.15, 0.2) is 22.9 Å². The zero-order valence-corrected chi connectivity index (χ0v) is 12.4. The number of anilines is 1. The highest BCUT2D eigenvalue weighted by molar-refractivity contribution is 9.10. The summed E-state index contributed by atoms with van der Waals surface area (Å²) in [5, 5.41) is 8.45. The number of hydrogen-bond acceptors (Lipinski definition) is 6. The molecule has 3 aromatic heterocycles. The fourth-order valence-electron chi connectivity index (χ4n) is 1.77. The van der Waals surface area contributed by atoms with Crippen LogP contribution in [0.2, 0.25) is 0 Å². The highest BCUT2D eigenvalue weighted by atomic mass is 79.9. The Labute approximate surface area is 122 Å². The van der Waals surface area contributed by atoms with Crippen molar-refractivity contribution in [1.82, 2.24) is 34.5 Å². The van der Waals surface area contributed by atoms with Gasteiger partial charge in [-0.05, 0) is 35.8 Å². The van der Waals surface area contributed by atoms with E-state index in [1.807, 2.05) is 13.8 Å². The third-order valence-corrected chi connectivity index (χ3v) is 3.88. The summed E-state index contributed by atoms with van der Waals surface area (Å²) in [6.07, 6.45) is 3.37. The largest absolute Gasteiger partial charge is 0.368 e. The molecule has 0 amide bonds. The van der Waals surface area contributed by atoms with Crippen LogP contribution in [0.3, 0.4) is 0 Å². The first-order valence-corrected chi connectivity index (χ1v) is 6.59. The Balaban J connectivity index is 2.17. The van der Waals surface area contributed by atoms with Gasteiger partial charge in [-0.3, -0.25) is 0 Å². The first-order valence-electron chi connectivity index (χ1n) is 5.80. The van der Waals surface area contributed by atoms with E-state index in [-0.39, 0.29) is 5.95 Å². The summed E-state index contributed by atoms with van der Waals surface area (Å²) >= 11 is 3.47. The van der Waals surface area contributed by atoms with Crippen LogP contribution >= 0.6 is 15.9 Å². The first-order chi connectivity index (χ1) is 9.56. The molecule has 0 aliphatic heterocycles. The van der Waals surface area contributed by atoms with Crippen molar-refractivity contribution in [3.05, 3.63) is 34.3 Å². The Morgan fingerprint density at radius 3 is 2.50 bits per heavy atom. The number of halogens is 1. The molecule has 0 unspecified atom stereocenters. The predicted molar refractivity (Wildman–Crippen MR) is 75.7 cm³/mol. The third kappa shape index (κ3) is 2.05. The molecular weight excluding hydrogens is 324 g/mol. The number of hydrogen-bond donors (Lipinski definition) is 1. The monoisotopic (exact) mass is 334 g/mol. The molecule has 0 spiro atoms. The molecule has 102 valence electrons. The van der Waals surface area contributed by atoms with Gasteiger partial charge in [-0.2, -0.15) is 25.1 Å². The van der Waals surface area contributed by atoms with Gasteiger partial charge >= 0.3 is 0 Å². The van der Waals surface area contributed by atoms with Gasteiger partial charge in [0.05, 0.1) is 15.9 Å². The number of nitrogens with two attached hydrogens (primary N) is 1. The fraction of sp³-hybridized carbons (Fsp3) is 0.182. The number of rotatable bonds is 2. The van der Waals surface area contributed by atoms with Crippen molar-refractivity contribution in [2.45, 2.75) is 13.8 Å². The van der Waals surface area contributed by atoms with Crippen LogP contribution in [0.5, 0.6) is 0 Å². The van der Waals surface area contributed by atoms with Crippen molar-refractivity contribution in [3.63, 3.8) is 0 Å². The van der Waals surface area contributed by atoms with Crippen molar-refractivity contribution in [2.24, 2.45) is 0 Å². The van der Waals surface area contributed by atoms with E-state index in [4.69, 9.17) is 5.73 Å². The summed E-state index contributed by atoms with van der Waals surface area (Å²) in [6.45, 7) is 3.81. The summed E-state index contributed by atoms with van der Waals surface area (Å²) in [5.41, 5.74) is 7.48. The van der Waals surface area contributed by atoms with E-state index < -0.39 is 0 Å². The van der Waals surface area contributed by atoms with Gasteiger partial charge in [0, 0.05) is 12.4 Å². The zero-order chi connectivity index (χ0) is 14.3. The Morgan fingerprint density at radius 2 is 1.90 bits per heavy atom. The first kappa shape index (κ1) is 12.7. The lowest BCUT2D eigenvalue weighted by Crippen LogP contribution is -2.13. The molecule has 8 nitrogen and oxygen atoms in total. The van der Waals surface area contributed by atoms with Gasteiger partial charge in [0.15, 0.2) is 0 Å². The van der Waals surface area contributed by atoms with Crippen LogP contribution in [0.4, 0.5) is 5.95 Å². The fourth-order valence-corrected chi connectivity index (χ4v) is 2.02. The van der Waals surface area contributed by atoms with Crippen LogP contribution in [-0.4, -0.2) is 34.5 Å².